The molecule has 1 fully saturated rings. The SMILES string of the molecule is Fc1ccc(SN2CCC(c3nc4ccccc4[nH]3)CC2)cc1. The van der Waals surface area contributed by atoms with Crippen molar-refractivity contribution in [2.45, 2.75) is 23.7 Å². The number of hydrogen-bond donors (Lipinski definition) is 1. The quantitative estimate of drug-likeness (QED) is 0.714. The summed E-state index contributed by atoms with van der Waals surface area (Å²) >= 11 is 1.71. The second kappa shape index (κ2) is 6.34. The predicted molar refractivity (Wildman–Crippen MR) is 91.9 cm³/mol. The first-order chi connectivity index (χ1) is 11.3. The van der Waals surface area contributed by atoms with Crippen LogP contribution >= 0.6 is 11.9 Å². The standard InChI is InChI=1S/C18H18FN3S/c19-14-5-7-15(8-6-14)23-22-11-9-13(10-12-22)18-20-16-3-1-2-4-17(16)21-18/h1-8,13H,9-12H2,(H,20,21). The Labute approximate surface area is 139 Å². The summed E-state index contributed by atoms with van der Waals surface area (Å²) < 4.78 is 15.3. The summed E-state index contributed by atoms with van der Waals surface area (Å²) in [5, 5.41) is 0. The van der Waals surface area contributed by atoms with E-state index < -0.39 is 0 Å². The van der Waals surface area contributed by atoms with E-state index in [-0.39, 0.29) is 5.82 Å². The van der Waals surface area contributed by atoms with Crippen LogP contribution in [0.2, 0.25) is 0 Å². The molecule has 0 aliphatic carbocycles. The second-order valence-corrected chi connectivity index (χ2v) is 7.06. The van der Waals surface area contributed by atoms with Crippen molar-refractivity contribution >= 4 is 23.0 Å². The van der Waals surface area contributed by atoms with Crippen molar-refractivity contribution < 1.29 is 4.39 Å². The van der Waals surface area contributed by atoms with Crippen molar-refractivity contribution in [2.75, 3.05) is 13.1 Å². The number of aromatic amines is 1. The van der Waals surface area contributed by atoms with Gasteiger partial charge in [0.1, 0.15) is 11.6 Å². The fourth-order valence-electron chi connectivity index (χ4n) is 3.03. The molecule has 0 saturated carbocycles. The van der Waals surface area contributed by atoms with Gasteiger partial charge in [0, 0.05) is 23.9 Å². The van der Waals surface area contributed by atoms with Crippen LogP contribution in [0.1, 0.15) is 24.6 Å². The number of benzene rings is 2. The number of nitrogens with zero attached hydrogens (tertiary/aromatic N) is 2. The first-order valence-electron chi connectivity index (χ1n) is 7.91. The highest BCUT2D eigenvalue weighted by molar-refractivity contribution is 7.97. The summed E-state index contributed by atoms with van der Waals surface area (Å²) in [6.07, 6.45) is 2.18. The summed E-state index contributed by atoms with van der Waals surface area (Å²) in [6, 6.07) is 14.9. The van der Waals surface area contributed by atoms with Crippen LogP contribution in [0.5, 0.6) is 0 Å². The van der Waals surface area contributed by atoms with Gasteiger partial charge in [-0.1, -0.05) is 12.1 Å². The van der Waals surface area contributed by atoms with Gasteiger partial charge in [0.2, 0.25) is 0 Å². The molecule has 3 nitrogen and oxygen atoms in total. The molecule has 118 valence electrons. The van der Waals surface area contributed by atoms with Crippen LogP contribution in [0.15, 0.2) is 53.4 Å². The van der Waals surface area contributed by atoms with Gasteiger partial charge in [-0.3, -0.25) is 0 Å². The van der Waals surface area contributed by atoms with Crippen LogP contribution in [0.4, 0.5) is 4.39 Å². The Morgan fingerprint density at radius 2 is 1.78 bits per heavy atom. The van der Waals surface area contributed by atoms with E-state index >= 15 is 0 Å². The molecule has 2 aromatic carbocycles. The van der Waals surface area contributed by atoms with Crippen LogP contribution in [0.25, 0.3) is 11.0 Å². The minimum Gasteiger partial charge on any atom is -0.342 e. The Hall–Kier alpha value is -1.85. The minimum absolute atomic E-state index is 0.182. The van der Waals surface area contributed by atoms with Crippen LogP contribution in [0.3, 0.4) is 0 Å². The maximum atomic E-state index is 13.0. The smallest absolute Gasteiger partial charge is 0.123 e. The molecule has 0 amide bonds. The first kappa shape index (κ1) is 14.7. The number of fused-ring (bicyclic) bond motifs is 1. The Morgan fingerprint density at radius 1 is 1.04 bits per heavy atom. The lowest BCUT2D eigenvalue weighted by molar-refractivity contribution is 0.339. The molecule has 0 bridgehead atoms. The van der Waals surface area contributed by atoms with Crippen LogP contribution < -0.4 is 0 Å². The lowest BCUT2D eigenvalue weighted by Crippen LogP contribution is -2.27. The molecule has 0 spiro atoms. The summed E-state index contributed by atoms with van der Waals surface area (Å²) in [5.41, 5.74) is 2.16. The number of aromatic nitrogens is 2. The molecule has 3 aromatic rings. The summed E-state index contributed by atoms with van der Waals surface area (Å²) in [4.78, 5) is 9.28. The monoisotopic (exact) mass is 327 g/mol. The van der Waals surface area contributed by atoms with Crippen LogP contribution in [-0.2, 0) is 0 Å². The van der Waals surface area contributed by atoms with Crippen molar-refractivity contribution in [3.05, 3.63) is 60.2 Å². The molecule has 1 aromatic heterocycles. The lowest BCUT2D eigenvalue weighted by atomic mass is 9.97. The van der Waals surface area contributed by atoms with E-state index in [1.54, 1.807) is 11.9 Å². The molecule has 1 aliphatic rings. The number of hydrogen-bond acceptors (Lipinski definition) is 3. The fourth-order valence-corrected chi connectivity index (χ4v) is 3.98. The second-order valence-electron chi connectivity index (χ2n) is 5.89. The minimum atomic E-state index is -0.182. The molecule has 1 saturated heterocycles. The third-order valence-electron chi connectivity index (χ3n) is 4.30. The predicted octanol–water partition coefficient (Wildman–Crippen LogP) is 4.59. The highest BCUT2D eigenvalue weighted by Crippen LogP contribution is 2.32. The zero-order valence-corrected chi connectivity index (χ0v) is 13.5. The lowest BCUT2D eigenvalue weighted by Gasteiger charge is -2.29. The highest BCUT2D eigenvalue weighted by Gasteiger charge is 2.23. The van der Waals surface area contributed by atoms with E-state index in [9.17, 15) is 4.39 Å². The van der Waals surface area contributed by atoms with E-state index in [0.717, 1.165) is 47.7 Å². The topological polar surface area (TPSA) is 31.9 Å². The number of para-hydroxylation sites is 2. The van der Waals surface area contributed by atoms with Crippen molar-refractivity contribution in [2.24, 2.45) is 0 Å². The Morgan fingerprint density at radius 3 is 2.52 bits per heavy atom. The molecule has 23 heavy (non-hydrogen) atoms. The van der Waals surface area contributed by atoms with Gasteiger partial charge < -0.3 is 4.98 Å². The van der Waals surface area contributed by atoms with E-state index in [0.29, 0.717) is 5.92 Å². The Balaban J connectivity index is 1.39. The maximum Gasteiger partial charge on any atom is 0.123 e. The van der Waals surface area contributed by atoms with Crippen molar-refractivity contribution in [1.82, 2.24) is 14.3 Å². The van der Waals surface area contributed by atoms with Gasteiger partial charge >= 0.3 is 0 Å². The van der Waals surface area contributed by atoms with Gasteiger partial charge in [-0.25, -0.2) is 13.7 Å². The molecule has 0 unspecified atom stereocenters. The number of nitrogens with one attached hydrogen (secondary N) is 1. The zero-order chi connectivity index (χ0) is 15.6. The molecule has 2 heterocycles. The molecule has 0 radical (unpaired) electrons. The van der Waals surface area contributed by atoms with Gasteiger partial charge in [-0.15, -0.1) is 0 Å². The molecule has 4 rings (SSSR count). The Bertz CT molecular complexity index is 758. The first-order valence-corrected chi connectivity index (χ1v) is 8.68. The van der Waals surface area contributed by atoms with Crippen molar-refractivity contribution in [1.29, 1.82) is 0 Å². The number of imidazole rings is 1. The average molecular weight is 327 g/mol. The van der Waals surface area contributed by atoms with Crippen molar-refractivity contribution in [3.8, 4) is 0 Å². The Kier molecular flexibility index (Phi) is 4.06. The summed E-state index contributed by atoms with van der Waals surface area (Å²) in [7, 11) is 0. The van der Waals surface area contributed by atoms with E-state index in [1.807, 2.05) is 24.3 Å². The zero-order valence-electron chi connectivity index (χ0n) is 12.7. The molecule has 5 heteroatoms. The molecular weight excluding hydrogens is 309 g/mol. The van der Waals surface area contributed by atoms with E-state index in [4.69, 9.17) is 4.98 Å². The number of piperidine rings is 1. The largest absolute Gasteiger partial charge is 0.342 e. The van der Waals surface area contributed by atoms with Gasteiger partial charge in [-0.2, -0.15) is 0 Å². The van der Waals surface area contributed by atoms with Gasteiger partial charge in [0.25, 0.3) is 0 Å². The maximum absolute atomic E-state index is 13.0. The summed E-state index contributed by atoms with van der Waals surface area (Å²) in [5.74, 6) is 1.42. The molecule has 0 atom stereocenters. The van der Waals surface area contributed by atoms with Gasteiger partial charge in [0.15, 0.2) is 0 Å². The number of H-pyrrole nitrogens is 1. The number of rotatable bonds is 3. The summed E-state index contributed by atoms with van der Waals surface area (Å²) in [6.45, 7) is 2.04. The van der Waals surface area contributed by atoms with Crippen LogP contribution in [0, 0.1) is 5.82 Å². The average Bonchev–Trinajstić information content (AvgIpc) is 3.02. The molecular formula is C18H18FN3S. The van der Waals surface area contributed by atoms with Gasteiger partial charge in [-0.05, 0) is 61.2 Å². The highest BCUT2D eigenvalue weighted by atomic mass is 32.2. The fraction of sp³-hybridized carbons (Fsp3) is 0.278. The third kappa shape index (κ3) is 3.26. The number of halogens is 1. The third-order valence-corrected chi connectivity index (χ3v) is 5.40. The van der Waals surface area contributed by atoms with Crippen LogP contribution in [-0.4, -0.2) is 27.4 Å². The molecule has 1 aliphatic heterocycles. The van der Waals surface area contributed by atoms with E-state index in [2.05, 4.69) is 21.4 Å². The normalized spacial score (nSPS) is 16.9. The van der Waals surface area contributed by atoms with Crippen molar-refractivity contribution in [3.63, 3.8) is 0 Å². The molecule has 1 N–H and O–H groups in total. The van der Waals surface area contributed by atoms with E-state index in [1.165, 1.54) is 12.1 Å². The van der Waals surface area contributed by atoms with Gasteiger partial charge in [0.05, 0.1) is 11.0 Å².